The number of rotatable bonds is 7. The second-order valence-electron chi connectivity index (χ2n) is 5.82. The van der Waals surface area contributed by atoms with Crippen molar-refractivity contribution >= 4 is 11.8 Å². The lowest BCUT2D eigenvalue weighted by atomic mass is 9.99. The number of carboxylic acids is 1. The van der Waals surface area contributed by atoms with Gasteiger partial charge in [-0.05, 0) is 37.1 Å². The fourth-order valence-electron chi connectivity index (χ4n) is 2.66. The van der Waals surface area contributed by atoms with Crippen molar-refractivity contribution in [3.63, 3.8) is 0 Å². The van der Waals surface area contributed by atoms with Crippen molar-refractivity contribution in [1.29, 1.82) is 0 Å². The van der Waals surface area contributed by atoms with E-state index in [-0.39, 0.29) is 5.56 Å². The highest BCUT2D eigenvalue weighted by Crippen LogP contribution is 2.32. The molecule has 0 radical (unpaired) electrons. The second kappa shape index (κ2) is 7.81. The highest BCUT2D eigenvalue weighted by Gasteiger charge is 2.22. The van der Waals surface area contributed by atoms with Gasteiger partial charge in [0.25, 0.3) is 0 Å². The Kier molecular flexibility index (Phi) is 5.79. The molecule has 1 N–H and O–H groups in total. The molecule has 24 heavy (non-hydrogen) atoms. The van der Waals surface area contributed by atoms with E-state index >= 15 is 0 Å². The molecule has 5 heteroatoms. The van der Waals surface area contributed by atoms with E-state index in [0.29, 0.717) is 17.1 Å². The minimum Gasteiger partial charge on any atom is -0.497 e. The number of hydrogen-bond acceptors (Lipinski definition) is 4. The summed E-state index contributed by atoms with van der Waals surface area (Å²) in [5.74, 6) is 0.228. The maximum absolute atomic E-state index is 12.0. The van der Waals surface area contributed by atoms with Crippen LogP contribution in [-0.2, 0) is 0 Å². The number of carbonyl (C=O) groups is 1. The summed E-state index contributed by atoms with van der Waals surface area (Å²) < 4.78 is 5.26. The number of benzene rings is 1. The first kappa shape index (κ1) is 17.8. The summed E-state index contributed by atoms with van der Waals surface area (Å²) >= 11 is 0. The molecule has 0 saturated carbocycles. The van der Waals surface area contributed by atoms with Crippen LogP contribution in [0.5, 0.6) is 5.75 Å². The molecule has 128 valence electrons. The minimum atomic E-state index is -0.973. The monoisotopic (exact) mass is 328 g/mol. The van der Waals surface area contributed by atoms with Crippen molar-refractivity contribution in [3.8, 4) is 16.9 Å². The maximum atomic E-state index is 12.0. The highest BCUT2D eigenvalue weighted by molar-refractivity contribution is 6.01. The summed E-state index contributed by atoms with van der Waals surface area (Å²) in [5, 5.41) is 9.80. The van der Waals surface area contributed by atoms with E-state index in [9.17, 15) is 9.90 Å². The number of carboxylic acid groups (broad SMARTS) is 1. The Labute approximate surface area is 142 Å². The van der Waals surface area contributed by atoms with E-state index < -0.39 is 5.97 Å². The Bertz CT molecular complexity index is 729. The number of methoxy groups -OCH3 is 1. The van der Waals surface area contributed by atoms with Gasteiger partial charge in [0.15, 0.2) is 0 Å². The molecule has 0 unspecified atom stereocenters. The van der Waals surface area contributed by atoms with Crippen LogP contribution in [0.1, 0.15) is 35.8 Å². The zero-order valence-electron chi connectivity index (χ0n) is 14.7. The Morgan fingerprint density at radius 1 is 1.33 bits per heavy atom. The van der Waals surface area contributed by atoms with Crippen molar-refractivity contribution in [2.24, 2.45) is 0 Å². The third kappa shape index (κ3) is 3.85. The quantitative estimate of drug-likeness (QED) is 0.832. The van der Waals surface area contributed by atoms with Crippen LogP contribution in [0, 0.1) is 6.92 Å². The number of hydrogen-bond donors (Lipinski definition) is 1. The number of nitrogens with zero attached hydrogens (tertiary/aromatic N) is 2. The smallest absolute Gasteiger partial charge is 0.340 e. The Morgan fingerprint density at radius 3 is 2.71 bits per heavy atom. The van der Waals surface area contributed by atoms with E-state index in [4.69, 9.17) is 4.74 Å². The molecule has 0 aliphatic rings. The molecule has 0 bridgehead atoms. The van der Waals surface area contributed by atoms with E-state index in [0.717, 1.165) is 30.6 Å². The van der Waals surface area contributed by atoms with Gasteiger partial charge in [-0.25, -0.2) is 9.78 Å². The topological polar surface area (TPSA) is 62.7 Å². The highest BCUT2D eigenvalue weighted by atomic mass is 16.5. The van der Waals surface area contributed by atoms with Crippen LogP contribution in [0.4, 0.5) is 5.82 Å². The fraction of sp³-hybridized carbons (Fsp3) is 0.368. The molecular formula is C19H24N2O3. The first-order valence-electron chi connectivity index (χ1n) is 8.08. The number of aromatic nitrogens is 1. The average molecular weight is 328 g/mol. The SMILES string of the molecule is CCCCN(C)c1nc(C)cc(-c2cccc(OC)c2)c1C(=O)O. The number of unbranched alkanes of at least 4 members (excludes halogenated alkanes) is 1. The predicted molar refractivity (Wildman–Crippen MR) is 96.1 cm³/mol. The first-order chi connectivity index (χ1) is 11.5. The Balaban J connectivity index is 2.62. The van der Waals surface area contributed by atoms with Crippen LogP contribution in [0.3, 0.4) is 0 Å². The molecule has 1 aromatic carbocycles. The summed E-state index contributed by atoms with van der Waals surface area (Å²) in [6.07, 6.45) is 2.03. The standard InChI is InChI=1S/C19H24N2O3/c1-5-6-10-21(3)18-17(19(22)23)16(11-13(2)20-18)14-8-7-9-15(12-14)24-4/h7-9,11-12H,5-6,10H2,1-4H3,(H,22,23). The van der Waals surface area contributed by atoms with Crippen LogP contribution < -0.4 is 9.64 Å². The normalized spacial score (nSPS) is 10.5. The lowest BCUT2D eigenvalue weighted by Crippen LogP contribution is -2.23. The number of ether oxygens (including phenoxy) is 1. The molecule has 0 aliphatic carbocycles. The van der Waals surface area contributed by atoms with Gasteiger partial charge in [0.2, 0.25) is 0 Å². The van der Waals surface area contributed by atoms with Crippen LogP contribution >= 0.6 is 0 Å². The molecule has 0 fully saturated rings. The zero-order chi connectivity index (χ0) is 17.7. The summed E-state index contributed by atoms with van der Waals surface area (Å²) in [6, 6.07) is 9.24. The third-order valence-corrected chi connectivity index (χ3v) is 3.93. The van der Waals surface area contributed by atoms with Crippen molar-refractivity contribution in [1.82, 2.24) is 4.98 Å². The average Bonchev–Trinajstić information content (AvgIpc) is 2.58. The molecule has 0 saturated heterocycles. The summed E-state index contributed by atoms with van der Waals surface area (Å²) in [7, 11) is 3.48. The molecule has 0 amide bonds. The summed E-state index contributed by atoms with van der Waals surface area (Å²) in [4.78, 5) is 18.4. The lowest BCUT2D eigenvalue weighted by Gasteiger charge is -2.22. The number of aryl methyl sites for hydroxylation is 1. The second-order valence-corrected chi connectivity index (χ2v) is 5.82. The van der Waals surface area contributed by atoms with Crippen molar-refractivity contribution in [2.45, 2.75) is 26.7 Å². The minimum absolute atomic E-state index is 0.229. The van der Waals surface area contributed by atoms with Crippen molar-refractivity contribution < 1.29 is 14.6 Å². The number of pyridine rings is 1. The largest absolute Gasteiger partial charge is 0.497 e. The van der Waals surface area contributed by atoms with Crippen LogP contribution in [0.15, 0.2) is 30.3 Å². The molecule has 0 atom stereocenters. The fourth-order valence-corrected chi connectivity index (χ4v) is 2.66. The van der Waals surface area contributed by atoms with E-state index in [1.54, 1.807) is 7.11 Å². The van der Waals surface area contributed by atoms with Gasteiger partial charge >= 0.3 is 5.97 Å². The van der Waals surface area contributed by atoms with Gasteiger partial charge in [-0.15, -0.1) is 0 Å². The molecule has 0 spiro atoms. The van der Waals surface area contributed by atoms with Crippen molar-refractivity contribution in [3.05, 3.63) is 41.6 Å². The Morgan fingerprint density at radius 2 is 2.08 bits per heavy atom. The molecule has 0 aliphatic heterocycles. The lowest BCUT2D eigenvalue weighted by molar-refractivity contribution is 0.0698. The van der Waals surface area contributed by atoms with Gasteiger partial charge in [0, 0.05) is 24.8 Å². The van der Waals surface area contributed by atoms with Crippen LogP contribution in [-0.4, -0.2) is 36.8 Å². The van der Waals surface area contributed by atoms with Crippen LogP contribution in [0.25, 0.3) is 11.1 Å². The number of aromatic carboxylic acids is 1. The van der Waals surface area contributed by atoms with E-state index in [2.05, 4.69) is 11.9 Å². The zero-order valence-corrected chi connectivity index (χ0v) is 14.7. The predicted octanol–water partition coefficient (Wildman–Crippen LogP) is 4.00. The first-order valence-corrected chi connectivity index (χ1v) is 8.08. The van der Waals surface area contributed by atoms with Gasteiger partial charge in [-0.1, -0.05) is 25.5 Å². The molecule has 1 aromatic heterocycles. The number of anilines is 1. The Hall–Kier alpha value is -2.56. The van der Waals surface area contributed by atoms with E-state index in [1.165, 1.54) is 0 Å². The van der Waals surface area contributed by atoms with Gasteiger partial charge in [0.05, 0.1) is 7.11 Å². The molecule has 2 aromatic rings. The van der Waals surface area contributed by atoms with Gasteiger partial charge in [-0.3, -0.25) is 0 Å². The van der Waals surface area contributed by atoms with E-state index in [1.807, 2.05) is 49.2 Å². The summed E-state index contributed by atoms with van der Waals surface area (Å²) in [6.45, 7) is 4.76. The molecule has 1 heterocycles. The van der Waals surface area contributed by atoms with Gasteiger partial charge < -0.3 is 14.7 Å². The van der Waals surface area contributed by atoms with Gasteiger partial charge in [0.1, 0.15) is 17.1 Å². The molecular weight excluding hydrogens is 304 g/mol. The maximum Gasteiger partial charge on any atom is 0.340 e. The third-order valence-electron chi connectivity index (χ3n) is 3.93. The molecule has 5 nitrogen and oxygen atoms in total. The van der Waals surface area contributed by atoms with Crippen molar-refractivity contribution in [2.75, 3.05) is 25.6 Å². The summed E-state index contributed by atoms with van der Waals surface area (Å²) in [5.41, 5.74) is 2.48. The van der Waals surface area contributed by atoms with Gasteiger partial charge in [-0.2, -0.15) is 0 Å². The molecule has 2 rings (SSSR count). The van der Waals surface area contributed by atoms with Crippen LogP contribution in [0.2, 0.25) is 0 Å².